The maximum Gasteiger partial charge on any atom is 0.221 e. The van der Waals surface area contributed by atoms with E-state index in [0.29, 0.717) is 18.9 Å². The predicted octanol–water partition coefficient (Wildman–Crippen LogP) is 1.44. The van der Waals surface area contributed by atoms with Gasteiger partial charge in [-0.05, 0) is 36.5 Å². The van der Waals surface area contributed by atoms with Crippen LogP contribution >= 0.6 is 0 Å². The summed E-state index contributed by atoms with van der Waals surface area (Å²) in [4.78, 5) is 11.7. The van der Waals surface area contributed by atoms with Crippen molar-refractivity contribution in [2.24, 2.45) is 11.7 Å². The van der Waals surface area contributed by atoms with Crippen LogP contribution in [0, 0.1) is 5.92 Å². The molecule has 0 aliphatic heterocycles. The summed E-state index contributed by atoms with van der Waals surface area (Å²) < 4.78 is 5.13. The van der Waals surface area contributed by atoms with Gasteiger partial charge in [-0.3, -0.25) is 4.79 Å². The van der Waals surface area contributed by atoms with E-state index in [9.17, 15) is 4.79 Å². The summed E-state index contributed by atoms with van der Waals surface area (Å²) in [5.41, 5.74) is 6.94. The molecule has 4 nitrogen and oxygen atoms in total. The Kier molecular flexibility index (Phi) is 4.20. The number of nitrogens with two attached hydrogens (primary N) is 1. The van der Waals surface area contributed by atoms with Crippen LogP contribution in [0.15, 0.2) is 24.3 Å². The van der Waals surface area contributed by atoms with Crippen LogP contribution in [0.5, 0.6) is 5.75 Å². The average molecular weight is 248 g/mol. The number of carbonyl (C=O) groups is 1. The zero-order chi connectivity index (χ0) is 13.0. The Morgan fingerprint density at radius 2 is 2.33 bits per heavy atom. The SMILES string of the molecule is COc1cccc(CNC(=O)CC(N)C2CC2)c1. The van der Waals surface area contributed by atoms with Crippen molar-refractivity contribution in [3.63, 3.8) is 0 Å². The third kappa shape index (κ3) is 3.74. The molecule has 0 spiro atoms. The molecular formula is C14H20N2O2. The van der Waals surface area contributed by atoms with Crippen LogP contribution < -0.4 is 15.8 Å². The van der Waals surface area contributed by atoms with E-state index < -0.39 is 0 Å². The van der Waals surface area contributed by atoms with Gasteiger partial charge in [0.05, 0.1) is 7.11 Å². The van der Waals surface area contributed by atoms with Crippen LogP contribution in [0.4, 0.5) is 0 Å². The highest BCUT2D eigenvalue weighted by Crippen LogP contribution is 2.32. The fraction of sp³-hybridized carbons (Fsp3) is 0.500. The van der Waals surface area contributed by atoms with Gasteiger partial charge >= 0.3 is 0 Å². The van der Waals surface area contributed by atoms with E-state index in [1.165, 1.54) is 12.8 Å². The van der Waals surface area contributed by atoms with Crippen LogP contribution in [0.25, 0.3) is 0 Å². The average Bonchev–Trinajstić information content (AvgIpc) is 3.21. The smallest absolute Gasteiger partial charge is 0.221 e. The maximum atomic E-state index is 11.7. The highest BCUT2D eigenvalue weighted by atomic mass is 16.5. The van der Waals surface area contributed by atoms with Gasteiger partial charge in [-0.2, -0.15) is 0 Å². The number of methoxy groups -OCH3 is 1. The van der Waals surface area contributed by atoms with Gasteiger partial charge in [0.25, 0.3) is 0 Å². The van der Waals surface area contributed by atoms with Crippen molar-refractivity contribution in [1.29, 1.82) is 0 Å². The molecule has 0 aromatic heterocycles. The quantitative estimate of drug-likeness (QED) is 0.800. The van der Waals surface area contributed by atoms with E-state index in [1.807, 2.05) is 24.3 Å². The number of amides is 1. The summed E-state index contributed by atoms with van der Waals surface area (Å²) in [5.74, 6) is 1.39. The molecule has 4 heteroatoms. The van der Waals surface area contributed by atoms with Crippen molar-refractivity contribution >= 4 is 5.91 Å². The van der Waals surface area contributed by atoms with Crippen LogP contribution in [0.2, 0.25) is 0 Å². The molecule has 0 saturated heterocycles. The molecule has 1 amide bonds. The number of ether oxygens (including phenoxy) is 1. The van der Waals surface area contributed by atoms with Crippen molar-refractivity contribution in [2.45, 2.75) is 31.8 Å². The minimum Gasteiger partial charge on any atom is -0.497 e. The van der Waals surface area contributed by atoms with E-state index in [1.54, 1.807) is 7.11 Å². The molecular weight excluding hydrogens is 228 g/mol. The summed E-state index contributed by atoms with van der Waals surface area (Å²) in [6, 6.07) is 7.70. The van der Waals surface area contributed by atoms with Crippen LogP contribution in [0.1, 0.15) is 24.8 Å². The molecule has 0 radical (unpaired) electrons. The molecule has 1 unspecified atom stereocenters. The van der Waals surface area contributed by atoms with Gasteiger partial charge in [0.1, 0.15) is 5.75 Å². The van der Waals surface area contributed by atoms with Crippen LogP contribution in [-0.2, 0) is 11.3 Å². The monoisotopic (exact) mass is 248 g/mol. The van der Waals surface area contributed by atoms with Gasteiger partial charge in [-0.25, -0.2) is 0 Å². The molecule has 18 heavy (non-hydrogen) atoms. The molecule has 1 fully saturated rings. The van der Waals surface area contributed by atoms with Crippen molar-refractivity contribution in [2.75, 3.05) is 7.11 Å². The zero-order valence-electron chi connectivity index (χ0n) is 10.7. The van der Waals surface area contributed by atoms with E-state index >= 15 is 0 Å². The van der Waals surface area contributed by atoms with Crippen LogP contribution in [0.3, 0.4) is 0 Å². The van der Waals surface area contributed by atoms with Gasteiger partial charge in [0, 0.05) is 19.0 Å². The fourth-order valence-corrected chi connectivity index (χ4v) is 1.96. The zero-order valence-corrected chi connectivity index (χ0v) is 10.7. The lowest BCUT2D eigenvalue weighted by Gasteiger charge is -2.11. The lowest BCUT2D eigenvalue weighted by atomic mass is 10.1. The first-order chi connectivity index (χ1) is 8.69. The first-order valence-electron chi connectivity index (χ1n) is 6.34. The molecule has 1 aromatic carbocycles. The Hall–Kier alpha value is -1.55. The molecule has 1 aliphatic rings. The second-order valence-electron chi connectivity index (χ2n) is 4.83. The predicted molar refractivity (Wildman–Crippen MR) is 70.2 cm³/mol. The van der Waals surface area contributed by atoms with Gasteiger partial charge in [-0.15, -0.1) is 0 Å². The highest BCUT2D eigenvalue weighted by Gasteiger charge is 2.29. The molecule has 0 bridgehead atoms. The highest BCUT2D eigenvalue weighted by molar-refractivity contribution is 5.76. The molecule has 1 atom stereocenters. The first kappa shape index (κ1) is 12.9. The summed E-state index contributed by atoms with van der Waals surface area (Å²) in [5, 5.41) is 2.89. The summed E-state index contributed by atoms with van der Waals surface area (Å²) in [7, 11) is 1.63. The summed E-state index contributed by atoms with van der Waals surface area (Å²) in [6.45, 7) is 0.521. The van der Waals surface area contributed by atoms with Crippen LogP contribution in [-0.4, -0.2) is 19.1 Å². The third-order valence-electron chi connectivity index (χ3n) is 3.27. The standard InChI is InChI=1S/C14H20N2O2/c1-18-12-4-2-3-10(7-12)9-16-14(17)8-13(15)11-5-6-11/h2-4,7,11,13H,5-6,8-9,15H2,1H3,(H,16,17). The number of hydrogen-bond donors (Lipinski definition) is 2. The van der Waals surface area contributed by atoms with Crippen molar-refractivity contribution in [3.8, 4) is 5.75 Å². The summed E-state index contributed by atoms with van der Waals surface area (Å²) in [6.07, 6.45) is 2.77. The Morgan fingerprint density at radius 1 is 1.56 bits per heavy atom. The number of nitrogens with one attached hydrogen (secondary N) is 1. The second-order valence-corrected chi connectivity index (χ2v) is 4.83. The Morgan fingerprint density at radius 3 is 3.00 bits per heavy atom. The Balaban J connectivity index is 1.77. The molecule has 2 rings (SSSR count). The van der Waals surface area contributed by atoms with Crippen molar-refractivity contribution in [1.82, 2.24) is 5.32 Å². The second kappa shape index (κ2) is 5.87. The maximum absolute atomic E-state index is 11.7. The van der Waals surface area contributed by atoms with Gasteiger partial charge in [0.2, 0.25) is 5.91 Å². The first-order valence-corrected chi connectivity index (χ1v) is 6.34. The van der Waals surface area contributed by atoms with Gasteiger partial charge in [-0.1, -0.05) is 12.1 Å². The van der Waals surface area contributed by atoms with Gasteiger partial charge < -0.3 is 15.8 Å². The number of benzene rings is 1. The minimum atomic E-state index is 0.0234. The Bertz CT molecular complexity index is 416. The Labute approximate surface area is 108 Å². The third-order valence-corrected chi connectivity index (χ3v) is 3.27. The van der Waals surface area contributed by atoms with E-state index in [0.717, 1.165) is 11.3 Å². The lowest BCUT2D eigenvalue weighted by Crippen LogP contribution is -2.32. The lowest BCUT2D eigenvalue weighted by molar-refractivity contribution is -0.121. The molecule has 1 aromatic rings. The molecule has 98 valence electrons. The topological polar surface area (TPSA) is 64.3 Å². The molecule has 0 heterocycles. The number of hydrogen-bond acceptors (Lipinski definition) is 3. The largest absolute Gasteiger partial charge is 0.497 e. The molecule has 1 aliphatic carbocycles. The molecule has 3 N–H and O–H groups in total. The number of rotatable bonds is 6. The van der Waals surface area contributed by atoms with E-state index in [-0.39, 0.29) is 11.9 Å². The fourth-order valence-electron chi connectivity index (χ4n) is 1.96. The minimum absolute atomic E-state index is 0.0234. The molecule has 1 saturated carbocycles. The van der Waals surface area contributed by atoms with E-state index in [4.69, 9.17) is 10.5 Å². The number of carbonyl (C=O) groups excluding carboxylic acids is 1. The van der Waals surface area contributed by atoms with Gasteiger partial charge in [0.15, 0.2) is 0 Å². The van der Waals surface area contributed by atoms with Crippen molar-refractivity contribution < 1.29 is 9.53 Å². The normalized spacial score (nSPS) is 16.1. The van der Waals surface area contributed by atoms with E-state index in [2.05, 4.69) is 5.32 Å². The van der Waals surface area contributed by atoms with Crippen molar-refractivity contribution in [3.05, 3.63) is 29.8 Å². The summed E-state index contributed by atoms with van der Waals surface area (Å²) >= 11 is 0.